The van der Waals surface area contributed by atoms with Crippen LogP contribution in [0.25, 0.3) is 0 Å². The summed E-state index contributed by atoms with van der Waals surface area (Å²) in [5.74, 6) is -0.114. The second kappa shape index (κ2) is 5.45. The monoisotopic (exact) mass is 268 g/mol. The first-order valence-electron chi connectivity index (χ1n) is 6.60. The molecule has 3 rings (SSSR count). The summed E-state index contributed by atoms with van der Waals surface area (Å²) in [5, 5.41) is 15.1. The van der Waals surface area contributed by atoms with Crippen LogP contribution in [0.4, 0.5) is 5.69 Å². The minimum Gasteiger partial charge on any atom is -0.392 e. The number of aliphatic hydroxyl groups excluding tert-OH is 1. The SMILES string of the molecule is O=C(Nc1ccc(CO)cc1)c1ccc2c(c1)CNC2. The van der Waals surface area contributed by atoms with Crippen molar-refractivity contribution in [1.29, 1.82) is 0 Å². The van der Waals surface area contributed by atoms with Crippen LogP contribution in [0.15, 0.2) is 42.5 Å². The number of carbonyl (C=O) groups is 1. The van der Waals surface area contributed by atoms with Gasteiger partial charge < -0.3 is 15.7 Å². The summed E-state index contributed by atoms with van der Waals surface area (Å²) in [6.45, 7) is 1.70. The van der Waals surface area contributed by atoms with E-state index in [1.54, 1.807) is 24.3 Å². The van der Waals surface area contributed by atoms with E-state index in [0.29, 0.717) is 5.56 Å². The van der Waals surface area contributed by atoms with E-state index < -0.39 is 0 Å². The van der Waals surface area contributed by atoms with E-state index in [2.05, 4.69) is 10.6 Å². The Morgan fingerprint density at radius 2 is 1.85 bits per heavy atom. The van der Waals surface area contributed by atoms with E-state index in [1.807, 2.05) is 18.2 Å². The zero-order valence-corrected chi connectivity index (χ0v) is 11.0. The Morgan fingerprint density at radius 3 is 2.60 bits per heavy atom. The number of anilines is 1. The van der Waals surface area contributed by atoms with Gasteiger partial charge in [-0.3, -0.25) is 4.79 Å². The molecular formula is C16H16N2O2. The smallest absolute Gasteiger partial charge is 0.255 e. The molecule has 0 aromatic heterocycles. The molecule has 0 spiro atoms. The molecule has 0 fully saturated rings. The maximum absolute atomic E-state index is 12.2. The van der Waals surface area contributed by atoms with Crippen molar-refractivity contribution in [1.82, 2.24) is 5.32 Å². The van der Waals surface area contributed by atoms with Crippen LogP contribution in [0.2, 0.25) is 0 Å². The van der Waals surface area contributed by atoms with Gasteiger partial charge in [-0.15, -0.1) is 0 Å². The quantitative estimate of drug-likeness (QED) is 0.798. The second-order valence-electron chi connectivity index (χ2n) is 4.90. The summed E-state index contributed by atoms with van der Waals surface area (Å²) in [5.41, 5.74) is 4.67. The predicted octanol–water partition coefficient (Wildman–Crippen LogP) is 2.03. The lowest BCUT2D eigenvalue weighted by Crippen LogP contribution is -2.12. The van der Waals surface area contributed by atoms with Crippen LogP contribution >= 0.6 is 0 Å². The highest BCUT2D eigenvalue weighted by atomic mass is 16.3. The summed E-state index contributed by atoms with van der Waals surface area (Å²) in [4.78, 5) is 12.2. The van der Waals surface area contributed by atoms with Crippen LogP contribution in [-0.2, 0) is 19.7 Å². The Morgan fingerprint density at radius 1 is 1.10 bits per heavy atom. The Balaban J connectivity index is 1.75. The number of benzene rings is 2. The molecular weight excluding hydrogens is 252 g/mol. The van der Waals surface area contributed by atoms with Crippen molar-refractivity contribution in [2.75, 3.05) is 5.32 Å². The third-order valence-electron chi connectivity index (χ3n) is 3.49. The van der Waals surface area contributed by atoms with Gasteiger partial charge in [0.25, 0.3) is 5.91 Å². The molecule has 0 radical (unpaired) electrons. The van der Waals surface area contributed by atoms with Gasteiger partial charge in [-0.2, -0.15) is 0 Å². The van der Waals surface area contributed by atoms with Gasteiger partial charge >= 0.3 is 0 Å². The highest BCUT2D eigenvalue weighted by Crippen LogP contribution is 2.18. The normalized spacial score (nSPS) is 13.1. The zero-order chi connectivity index (χ0) is 13.9. The largest absolute Gasteiger partial charge is 0.392 e. The summed E-state index contributed by atoms with van der Waals surface area (Å²) >= 11 is 0. The highest BCUT2D eigenvalue weighted by Gasteiger charge is 2.13. The number of fused-ring (bicyclic) bond motifs is 1. The molecule has 102 valence electrons. The molecule has 1 heterocycles. The van der Waals surface area contributed by atoms with E-state index >= 15 is 0 Å². The third kappa shape index (κ3) is 2.57. The highest BCUT2D eigenvalue weighted by molar-refractivity contribution is 6.04. The van der Waals surface area contributed by atoms with Crippen LogP contribution in [0.3, 0.4) is 0 Å². The Kier molecular flexibility index (Phi) is 3.50. The van der Waals surface area contributed by atoms with Gasteiger partial charge in [0.05, 0.1) is 6.61 Å². The topological polar surface area (TPSA) is 61.4 Å². The molecule has 1 aliphatic rings. The number of hydrogen-bond acceptors (Lipinski definition) is 3. The van der Waals surface area contributed by atoms with Gasteiger partial charge in [0.15, 0.2) is 0 Å². The van der Waals surface area contributed by atoms with E-state index in [9.17, 15) is 4.79 Å². The number of hydrogen-bond donors (Lipinski definition) is 3. The minimum absolute atomic E-state index is 0.00600. The van der Waals surface area contributed by atoms with Crippen molar-refractivity contribution in [2.45, 2.75) is 19.7 Å². The molecule has 2 aromatic carbocycles. The lowest BCUT2D eigenvalue weighted by molar-refractivity contribution is 0.102. The maximum Gasteiger partial charge on any atom is 0.255 e. The number of amides is 1. The molecule has 4 nitrogen and oxygen atoms in total. The fourth-order valence-corrected chi connectivity index (χ4v) is 2.33. The Labute approximate surface area is 117 Å². The molecule has 0 aliphatic carbocycles. The first-order chi connectivity index (χ1) is 9.76. The van der Waals surface area contributed by atoms with E-state index in [-0.39, 0.29) is 12.5 Å². The van der Waals surface area contributed by atoms with Crippen LogP contribution in [-0.4, -0.2) is 11.0 Å². The average molecular weight is 268 g/mol. The molecule has 0 unspecified atom stereocenters. The standard InChI is InChI=1S/C16H16N2O2/c19-10-11-1-5-15(6-2-11)18-16(20)12-3-4-13-8-17-9-14(13)7-12/h1-7,17,19H,8-10H2,(H,18,20). The van der Waals surface area contributed by atoms with E-state index in [0.717, 1.165) is 24.3 Å². The van der Waals surface area contributed by atoms with Crippen LogP contribution in [0.1, 0.15) is 27.0 Å². The minimum atomic E-state index is -0.114. The van der Waals surface area contributed by atoms with Gasteiger partial charge in [0, 0.05) is 24.3 Å². The van der Waals surface area contributed by atoms with Crippen LogP contribution in [0.5, 0.6) is 0 Å². The van der Waals surface area contributed by atoms with Gasteiger partial charge in [-0.1, -0.05) is 18.2 Å². The van der Waals surface area contributed by atoms with Gasteiger partial charge in [0.1, 0.15) is 0 Å². The molecule has 2 aromatic rings. The molecule has 0 bridgehead atoms. The molecule has 3 N–H and O–H groups in total. The first kappa shape index (κ1) is 12.8. The maximum atomic E-state index is 12.2. The molecule has 0 saturated heterocycles. The zero-order valence-electron chi connectivity index (χ0n) is 11.0. The molecule has 0 saturated carbocycles. The summed E-state index contributed by atoms with van der Waals surface area (Å²) in [7, 11) is 0. The van der Waals surface area contributed by atoms with E-state index in [1.165, 1.54) is 11.1 Å². The van der Waals surface area contributed by atoms with Crippen molar-refractivity contribution < 1.29 is 9.90 Å². The molecule has 0 atom stereocenters. The number of carbonyl (C=O) groups excluding carboxylic acids is 1. The third-order valence-corrected chi connectivity index (χ3v) is 3.49. The summed E-state index contributed by atoms with van der Waals surface area (Å²) in [6, 6.07) is 13.0. The predicted molar refractivity (Wildman–Crippen MR) is 77.3 cm³/mol. The summed E-state index contributed by atoms with van der Waals surface area (Å²) in [6.07, 6.45) is 0. The fourth-order valence-electron chi connectivity index (χ4n) is 2.33. The average Bonchev–Trinajstić information content (AvgIpc) is 2.95. The number of rotatable bonds is 3. The van der Waals surface area contributed by atoms with Crippen LogP contribution < -0.4 is 10.6 Å². The molecule has 4 heteroatoms. The lowest BCUT2D eigenvalue weighted by Gasteiger charge is -2.07. The Hall–Kier alpha value is -2.17. The molecule has 1 amide bonds. The number of aliphatic hydroxyl groups is 1. The molecule has 1 aliphatic heterocycles. The summed E-state index contributed by atoms with van der Waals surface area (Å²) < 4.78 is 0. The van der Waals surface area contributed by atoms with Gasteiger partial charge in [0.2, 0.25) is 0 Å². The second-order valence-corrected chi connectivity index (χ2v) is 4.90. The molecule has 20 heavy (non-hydrogen) atoms. The number of nitrogens with one attached hydrogen (secondary N) is 2. The fraction of sp³-hybridized carbons (Fsp3) is 0.188. The van der Waals surface area contributed by atoms with Crippen molar-refractivity contribution in [3.63, 3.8) is 0 Å². The van der Waals surface area contributed by atoms with Gasteiger partial charge in [-0.05, 0) is 41.0 Å². The first-order valence-corrected chi connectivity index (χ1v) is 6.60. The van der Waals surface area contributed by atoms with Gasteiger partial charge in [-0.25, -0.2) is 0 Å². The van der Waals surface area contributed by atoms with Crippen molar-refractivity contribution in [3.8, 4) is 0 Å². The van der Waals surface area contributed by atoms with E-state index in [4.69, 9.17) is 5.11 Å². The van der Waals surface area contributed by atoms with Crippen LogP contribution in [0, 0.1) is 0 Å². The Bertz CT molecular complexity index is 635. The van der Waals surface area contributed by atoms with Crippen molar-refractivity contribution in [3.05, 3.63) is 64.7 Å². The lowest BCUT2D eigenvalue weighted by atomic mass is 10.1. The van der Waals surface area contributed by atoms with Crippen molar-refractivity contribution in [2.24, 2.45) is 0 Å². The van der Waals surface area contributed by atoms with Crippen molar-refractivity contribution >= 4 is 11.6 Å².